The predicted molar refractivity (Wildman–Crippen MR) is 112 cm³/mol. The van der Waals surface area contributed by atoms with Crippen molar-refractivity contribution in [2.75, 3.05) is 23.8 Å². The molecule has 1 fully saturated rings. The molecular weight excluding hydrogens is 368 g/mol. The van der Waals surface area contributed by atoms with Gasteiger partial charge in [-0.25, -0.2) is 0 Å². The number of ether oxygens (including phenoxy) is 2. The maximum absolute atomic E-state index is 13.3. The van der Waals surface area contributed by atoms with Crippen molar-refractivity contribution >= 4 is 23.2 Å². The first-order valence-electron chi connectivity index (χ1n) is 10.2. The topological polar surface area (TPSA) is 76.7 Å². The third kappa shape index (κ3) is 4.53. The zero-order valence-corrected chi connectivity index (χ0v) is 16.6. The zero-order valence-electron chi connectivity index (χ0n) is 16.6. The fourth-order valence-corrected chi connectivity index (χ4v) is 4.28. The molecule has 2 aliphatic rings. The lowest BCUT2D eigenvalue weighted by Gasteiger charge is -2.25. The van der Waals surface area contributed by atoms with E-state index in [1.165, 1.54) is 6.92 Å². The maximum atomic E-state index is 13.3. The Kier molecular flexibility index (Phi) is 5.69. The lowest BCUT2D eigenvalue weighted by atomic mass is 9.84. The molecule has 2 N–H and O–H groups in total. The quantitative estimate of drug-likeness (QED) is 0.791. The van der Waals surface area contributed by atoms with Crippen LogP contribution in [-0.2, 0) is 9.59 Å². The summed E-state index contributed by atoms with van der Waals surface area (Å²) in [5.74, 6) is 1.31. The molecule has 0 aromatic heterocycles. The zero-order chi connectivity index (χ0) is 20.2. The second kappa shape index (κ2) is 8.55. The molecule has 0 radical (unpaired) electrons. The largest absolute Gasteiger partial charge is 0.486 e. The van der Waals surface area contributed by atoms with Crippen LogP contribution in [0.1, 0.15) is 44.1 Å². The summed E-state index contributed by atoms with van der Waals surface area (Å²) in [6, 6.07) is 13.0. The van der Waals surface area contributed by atoms with Crippen LogP contribution in [0.4, 0.5) is 11.4 Å². The molecule has 1 aliphatic carbocycles. The Labute approximate surface area is 170 Å². The van der Waals surface area contributed by atoms with E-state index in [1.807, 2.05) is 30.3 Å². The van der Waals surface area contributed by atoms with Gasteiger partial charge in [0.25, 0.3) is 0 Å². The van der Waals surface area contributed by atoms with Gasteiger partial charge in [0.15, 0.2) is 11.5 Å². The molecule has 2 aromatic carbocycles. The molecule has 1 aliphatic heterocycles. The Hall–Kier alpha value is -3.02. The number of nitrogens with one attached hydrogen (secondary N) is 2. The van der Waals surface area contributed by atoms with Crippen LogP contribution < -0.4 is 20.1 Å². The van der Waals surface area contributed by atoms with Crippen LogP contribution in [0.25, 0.3) is 0 Å². The molecule has 2 aromatic rings. The van der Waals surface area contributed by atoms with Crippen molar-refractivity contribution in [2.24, 2.45) is 5.92 Å². The van der Waals surface area contributed by atoms with E-state index in [9.17, 15) is 9.59 Å². The average molecular weight is 394 g/mol. The number of amides is 2. The first kappa shape index (κ1) is 19.3. The summed E-state index contributed by atoms with van der Waals surface area (Å²) in [5.41, 5.74) is 2.28. The minimum absolute atomic E-state index is 0.0337. The lowest BCUT2D eigenvalue weighted by Crippen LogP contribution is -2.27. The molecule has 1 heterocycles. The van der Waals surface area contributed by atoms with Crippen LogP contribution in [0.5, 0.6) is 11.5 Å². The average Bonchev–Trinajstić information content (AvgIpc) is 3.22. The molecule has 4 rings (SSSR count). The van der Waals surface area contributed by atoms with E-state index < -0.39 is 0 Å². The highest BCUT2D eigenvalue weighted by Gasteiger charge is 2.33. The molecule has 6 heteroatoms. The highest BCUT2D eigenvalue weighted by atomic mass is 16.6. The molecule has 0 bridgehead atoms. The van der Waals surface area contributed by atoms with Crippen LogP contribution in [0.2, 0.25) is 0 Å². The van der Waals surface area contributed by atoms with E-state index in [0.29, 0.717) is 36.3 Å². The van der Waals surface area contributed by atoms with Gasteiger partial charge in [0, 0.05) is 18.3 Å². The van der Waals surface area contributed by atoms with E-state index in [0.717, 1.165) is 37.0 Å². The van der Waals surface area contributed by atoms with E-state index in [1.54, 1.807) is 12.1 Å². The third-order valence-electron chi connectivity index (χ3n) is 5.53. The summed E-state index contributed by atoms with van der Waals surface area (Å²) in [6.45, 7) is 2.53. The normalized spacial score (nSPS) is 16.9. The number of anilines is 2. The summed E-state index contributed by atoms with van der Waals surface area (Å²) in [4.78, 5) is 24.6. The van der Waals surface area contributed by atoms with Crippen molar-refractivity contribution < 1.29 is 19.1 Å². The summed E-state index contributed by atoms with van der Waals surface area (Å²) >= 11 is 0. The molecule has 1 atom stereocenters. The van der Waals surface area contributed by atoms with Crippen LogP contribution >= 0.6 is 0 Å². The van der Waals surface area contributed by atoms with E-state index in [4.69, 9.17) is 9.47 Å². The van der Waals surface area contributed by atoms with Crippen LogP contribution in [-0.4, -0.2) is 25.0 Å². The third-order valence-corrected chi connectivity index (χ3v) is 5.53. The van der Waals surface area contributed by atoms with Crippen molar-refractivity contribution in [3.8, 4) is 11.5 Å². The highest BCUT2D eigenvalue weighted by molar-refractivity contribution is 5.97. The standard InChI is InChI=1S/C23H26N2O4/c1-15(26)24-18-7-4-8-19(14-18)25-23(27)22(16-5-2-3-6-16)17-9-10-20-21(13-17)29-12-11-28-20/h4,7-10,13-14,16,22H,2-3,5-6,11-12H2,1H3,(H,24,26)(H,25,27). The second-order valence-electron chi connectivity index (χ2n) is 7.68. The van der Waals surface area contributed by atoms with Gasteiger partial charge in [0.2, 0.25) is 11.8 Å². The Morgan fingerprint density at radius 3 is 2.34 bits per heavy atom. The van der Waals surface area contributed by atoms with E-state index in [2.05, 4.69) is 10.6 Å². The minimum atomic E-state index is -0.252. The van der Waals surface area contributed by atoms with Crippen LogP contribution in [0, 0.1) is 5.92 Å². The Morgan fingerprint density at radius 2 is 1.62 bits per heavy atom. The van der Waals surface area contributed by atoms with Gasteiger partial charge < -0.3 is 20.1 Å². The van der Waals surface area contributed by atoms with Crippen molar-refractivity contribution in [1.29, 1.82) is 0 Å². The first-order valence-corrected chi connectivity index (χ1v) is 10.2. The number of benzene rings is 2. The Balaban J connectivity index is 1.59. The monoisotopic (exact) mass is 394 g/mol. The molecule has 0 saturated heterocycles. The van der Waals surface area contributed by atoms with Gasteiger partial charge >= 0.3 is 0 Å². The molecule has 2 amide bonds. The highest BCUT2D eigenvalue weighted by Crippen LogP contribution is 2.41. The van der Waals surface area contributed by atoms with Crippen molar-refractivity contribution in [3.05, 3.63) is 48.0 Å². The SMILES string of the molecule is CC(=O)Nc1cccc(NC(=O)C(c2ccc3c(c2)OCCO3)C2CCCC2)c1. The van der Waals surface area contributed by atoms with Crippen LogP contribution in [0.15, 0.2) is 42.5 Å². The van der Waals surface area contributed by atoms with Gasteiger partial charge in [-0.1, -0.05) is 25.0 Å². The van der Waals surface area contributed by atoms with Crippen molar-refractivity contribution in [2.45, 2.75) is 38.5 Å². The predicted octanol–water partition coefficient (Wildman–Crippen LogP) is 4.33. The molecule has 6 nitrogen and oxygen atoms in total. The number of hydrogen-bond acceptors (Lipinski definition) is 4. The number of hydrogen-bond donors (Lipinski definition) is 2. The molecular formula is C23H26N2O4. The fraction of sp³-hybridized carbons (Fsp3) is 0.391. The lowest BCUT2D eigenvalue weighted by molar-refractivity contribution is -0.118. The van der Waals surface area contributed by atoms with Crippen LogP contribution in [0.3, 0.4) is 0 Å². The number of fused-ring (bicyclic) bond motifs is 1. The molecule has 29 heavy (non-hydrogen) atoms. The number of carbonyl (C=O) groups is 2. The van der Waals surface area contributed by atoms with E-state index >= 15 is 0 Å². The smallest absolute Gasteiger partial charge is 0.232 e. The Bertz CT molecular complexity index is 906. The molecule has 1 unspecified atom stereocenters. The van der Waals surface area contributed by atoms with Gasteiger partial charge in [-0.15, -0.1) is 0 Å². The molecule has 1 saturated carbocycles. The molecule has 0 spiro atoms. The first-order chi connectivity index (χ1) is 14.1. The van der Waals surface area contributed by atoms with Gasteiger partial charge in [-0.3, -0.25) is 9.59 Å². The summed E-state index contributed by atoms with van der Waals surface area (Å²) in [5, 5.41) is 5.80. The van der Waals surface area contributed by atoms with Crippen molar-refractivity contribution in [3.63, 3.8) is 0 Å². The van der Waals surface area contributed by atoms with Gasteiger partial charge in [-0.05, 0) is 54.7 Å². The van der Waals surface area contributed by atoms with Gasteiger partial charge in [0.05, 0.1) is 5.92 Å². The summed E-state index contributed by atoms with van der Waals surface area (Å²) in [6.07, 6.45) is 4.38. The van der Waals surface area contributed by atoms with Gasteiger partial charge in [0.1, 0.15) is 13.2 Å². The van der Waals surface area contributed by atoms with Crippen molar-refractivity contribution in [1.82, 2.24) is 0 Å². The Morgan fingerprint density at radius 1 is 0.931 bits per heavy atom. The summed E-state index contributed by atoms with van der Waals surface area (Å²) < 4.78 is 11.4. The number of rotatable bonds is 5. The maximum Gasteiger partial charge on any atom is 0.232 e. The second-order valence-corrected chi connectivity index (χ2v) is 7.68. The van der Waals surface area contributed by atoms with Gasteiger partial charge in [-0.2, -0.15) is 0 Å². The number of carbonyl (C=O) groups excluding carboxylic acids is 2. The van der Waals surface area contributed by atoms with E-state index in [-0.39, 0.29) is 17.7 Å². The minimum Gasteiger partial charge on any atom is -0.486 e. The fourth-order valence-electron chi connectivity index (χ4n) is 4.28. The summed E-state index contributed by atoms with van der Waals surface area (Å²) in [7, 11) is 0. The molecule has 152 valence electrons.